The summed E-state index contributed by atoms with van der Waals surface area (Å²) in [6, 6.07) is 49.0. The highest BCUT2D eigenvalue weighted by Crippen LogP contribution is 2.39. The topological polar surface area (TPSA) is 95.8 Å². The maximum absolute atomic E-state index is 12.4. The Hall–Kier alpha value is -4.22. The van der Waals surface area contributed by atoms with Gasteiger partial charge in [-0.25, -0.2) is 0 Å². The average molecular weight is 705 g/mol. The molecule has 52 heavy (non-hydrogen) atoms. The number of rotatable bonds is 20. The highest BCUT2D eigenvalue weighted by Gasteiger charge is 2.62. The molecule has 8 heteroatoms. The van der Waals surface area contributed by atoms with Gasteiger partial charge in [0.2, 0.25) is 0 Å². The van der Waals surface area contributed by atoms with Crippen molar-refractivity contribution in [3.8, 4) is 0 Å². The first kappa shape index (κ1) is 37.5. The fourth-order valence-electron chi connectivity index (χ4n) is 6.33. The molecule has 0 aromatic heterocycles. The largest absolute Gasteiger partial charge is 0.387 e. The summed E-state index contributed by atoms with van der Waals surface area (Å²) in [5.41, 5.74) is 2.97. The molecule has 6 atom stereocenters. The number of hydrogen-bond donors (Lipinski definition) is 2. The molecule has 0 radical (unpaired) electrons. The summed E-state index contributed by atoms with van der Waals surface area (Å²) in [6.45, 7) is 1.49. The van der Waals surface area contributed by atoms with Crippen LogP contribution < -0.4 is 0 Å². The van der Waals surface area contributed by atoms with Crippen LogP contribution >= 0.6 is 0 Å². The minimum atomic E-state index is -1.88. The van der Waals surface area contributed by atoms with E-state index in [0.29, 0.717) is 13.2 Å². The third-order valence-electron chi connectivity index (χ3n) is 9.16. The van der Waals surface area contributed by atoms with E-state index in [2.05, 4.69) is 0 Å². The third kappa shape index (κ3) is 10.7. The second-order valence-corrected chi connectivity index (χ2v) is 13.1. The number of aliphatic hydroxyl groups is 2. The maximum Gasteiger partial charge on any atom is 0.145 e. The van der Waals surface area contributed by atoms with Gasteiger partial charge in [-0.15, -0.1) is 0 Å². The van der Waals surface area contributed by atoms with E-state index in [1.165, 1.54) is 0 Å². The van der Waals surface area contributed by atoms with Crippen LogP contribution in [-0.2, 0) is 61.5 Å². The minimum Gasteiger partial charge on any atom is -0.387 e. The second kappa shape index (κ2) is 19.6. The van der Waals surface area contributed by atoms with Crippen molar-refractivity contribution in [3.63, 3.8) is 0 Å². The van der Waals surface area contributed by atoms with Gasteiger partial charge in [-0.3, -0.25) is 0 Å². The van der Waals surface area contributed by atoms with E-state index in [1.807, 2.05) is 152 Å². The summed E-state index contributed by atoms with van der Waals surface area (Å²) in [7, 11) is 0. The van der Waals surface area contributed by atoms with Gasteiger partial charge in [-0.2, -0.15) is 0 Å². The maximum atomic E-state index is 12.4. The van der Waals surface area contributed by atoms with Crippen LogP contribution in [0.5, 0.6) is 0 Å². The molecule has 2 N–H and O–H groups in total. The molecule has 5 aromatic carbocycles. The van der Waals surface area contributed by atoms with Gasteiger partial charge in [-0.05, 0) is 27.8 Å². The van der Waals surface area contributed by atoms with Crippen LogP contribution in [0.1, 0.15) is 27.8 Å². The zero-order valence-corrected chi connectivity index (χ0v) is 29.3. The zero-order chi connectivity index (χ0) is 35.9. The Labute approximate surface area is 306 Å². The first-order valence-corrected chi connectivity index (χ1v) is 17.8. The van der Waals surface area contributed by atoms with Gasteiger partial charge in [0.1, 0.15) is 36.1 Å². The fraction of sp³-hybridized carbons (Fsp3) is 0.318. The summed E-state index contributed by atoms with van der Waals surface area (Å²) >= 11 is 0. The lowest BCUT2D eigenvalue weighted by Crippen LogP contribution is -2.54. The van der Waals surface area contributed by atoms with Crippen LogP contribution in [0.3, 0.4) is 0 Å². The molecule has 1 saturated carbocycles. The van der Waals surface area contributed by atoms with Crippen molar-refractivity contribution in [1.82, 2.24) is 0 Å². The molecule has 6 rings (SSSR count). The van der Waals surface area contributed by atoms with Crippen LogP contribution in [0, 0.1) is 0 Å². The molecular formula is C44H48O8. The molecule has 5 aromatic rings. The van der Waals surface area contributed by atoms with E-state index in [-0.39, 0.29) is 39.6 Å². The number of aliphatic hydroxyl groups excluding tert-OH is 1. The average Bonchev–Trinajstić information content (AvgIpc) is 3.39. The molecule has 0 saturated heterocycles. The monoisotopic (exact) mass is 704 g/mol. The Bertz CT molecular complexity index is 1690. The normalized spacial score (nSPS) is 22.0. The van der Waals surface area contributed by atoms with Crippen molar-refractivity contribution < 1.29 is 38.6 Å². The highest BCUT2D eigenvalue weighted by atomic mass is 16.6. The number of ether oxygens (including phenoxy) is 6. The summed E-state index contributed by atoms with van der Waals surface area (Å²) in [6.07, 6.45) is -4.73. The molecular weight excluding hydrogens is 656 g/mol. The molecule has 1 aliphatic carbocycles. The standard InChI is InChI=1S/C44H48O8/c45-42-40(50-29-37-22-12-4-13-23-37)41(51-30-38-24-14-5-15-25-38)43(44(42,46)33-48-27-35-18-8-2-9-19-35)52-32-39(49-28-36-20-10-3-11-21-36)31-47-26-34-16-6-1-7-17-34/h1-25,39-43,45-46H,26-33H2/t39-,40+,41+,42-,43-,44-/m0/s1. The van der Waals surface area contributed by atoms with Gasteiger partial charge in [0.15, 0.2) is 0 Å². The van der Waals surface area contributed by atoms with E-state index >= 15 is 0 Å². The molecule has 0 unspecified atom stereocenters. The molecule has 272 valence electrons. The van der Waals surface area contributed by atoms with Gasteiger partial charge < -0.3 is 38.6 Å². The van der Waals surface area contributed by atoms with E-state index in [9.17, 15) is 10.2 Å². The second-order valence-electron chi connectivity index (χ2n) is 13.1. The van der Waals surface area contributed by atoms with Crippen molar-refractivity contribution in [2.45, 2.75) is 69.2 Å². The summed E-state index contributed by atoms with van der Waals surface area (Å²) in [5.74, 6) is 0. The smallest absolute Gasteiger partial charge is 0.145 e. The summed E-state index contributed by atoms with van der Waals surface area (Å²) in [5, 5.41) is 24.4. The lowest BCUT2D eigenvalue weighted by atomic mass is 9.98. The Morgan fingerprint density at radius 1 is 0.462 bits per heavy atom. The first-order valence-electron chi connectivity index (χ1n) is 17.8. The SMILES string of the molecule is O[C@H]1[C@H](OCc2ccccc2)[C@@H](OCc2ccccc2)[C@H](OC[C@H](COCc2ccccc2)OCc2ccccc2)[C@]1(O)COCc1ccccc1. The van der Waals surface area contributed by atoms with Crippen LogP contribution in [0.15, 0.2) is 152 Å². The summed E-state index contributed by atoms with van der Waals surface area (Å²) in [4.78, 5) is 0. The molecule has 0 spiro atoms. The van der Waals surface area contributed by atoms with Crippen molar-refractivity contribution in [2.24, 2.45) is 0 Å². The van der Waals surface area contributed by atoms with E-state index < -0.39 is 36.1 Å². The van der Waals surface area contributed by atoms with Crippen molar-refractivity contribution in [2.75, 3.05) is 19.8 Å². The van der Waals surface area contributed by atoms with Crippen LogP contribution in [0.25, 0.3) is 0 Å². The van der Waals surface area contributed by atoms with Gasteiger partial charge in [0, 0.05) is 0 Å². The third-order valence-corrected chi connectivity index (χ3v) is 9.16. The van der Waals surface area contributed by atoms with Gasteiger partial charge >= 0.3 is 0 Å². The number of hydrogen-bond acceptors (Lipinski definition) is 8. The highest BCUT2D eigenvalue weighted by molar-refractivity contribution is 5.19. The lowest BCUT2D eigenvalue weighted by Gasteiger charge is -2.34. The molecule has 1 aliphatic rings. The molecule has 0 aliphatic heterocycles. The quantitative estimate of drug-likeness (QED) is 0.0929. The minimum absolute atomic E-state index is 0.0522. The predicted molar refractivity (Wildman–Crippen MR) is 198 cm³/mol. The van der Waals surface area contributed by atoms with Crippen LogP contribution in [0.4, 0.5) is 0 Å². The Morgan fingerprint density at radius 3 is 1.35 bits per heavy atom. The zero-order valence-electron chi connectivity index (χ0n) is 29.3. The molecule has 0 bridgehead atoms. The molecule has 1 fully saturated rings. The van der Waals surface area contributed by atoms with E-state index in [1.54, 1.807) is 0 Å². The Balaban J connectivity index is 1.23. The van der Waals surface area contributed by atoms with Gasteiger partial charge in [-0.1, -0.05) is 152 Å². The molecule has 0 heterocycles. The Morgan fingerprint density at radius 2 is 0.865 bits per heavy atom. The van der Waals surface area contributed by atoms with Crippen molar-refractivity contribution in [1.29, 1.82) is 0 Å². The van der Waals surface area contributed by atoms with E-state index in [4.69, 9.17) is 28.4 Å². The van der Waals surface area contributed by atoms with Crippen LogP contribution in [-0.4, -0.2) is 66.2 Å². The van der Waals surface area contributed by atoms with E-state index in [0.717, 1.165) is 27.8 Å². The lowest BCUT2D eigenvalue weighted by molar-refractivity contribution is -0.197. The molecule has 8 nitrogen and oxygen atoms in total. The fourth-order valence-corrected chi connectivity index (χ4v) is 6.33. The first-order chi connectivity index (χ1) is 25.6. The van der Waals surface area contributed by atoms with Gasteiger partial charge in [0.05, 0.1) is 52.9 Å². The number of benzene rings is 5. The van der Waals surface area contributed by atoms with Crippen molar-refractivity contribution in [3.05, 3.63) is 179 Å². The van der Waals surface area contributed by atoms with Crippen LogP contribution in [0.2, 0.25) is 0 Å². The summed E-state index contributed by atoms with van der Waals surface area (Å²) < 4.78 is 38.1. The predicted octanol–water partition coefficient (Wildman–Crippen LogP) is 6.67. The Kier molecular flexibility index (Phi) is 14.1. The molecule has 0 amide bonds. The van der Waals surface area contributed by atoms with Gasteiger partial charge in [0.25, 0.3) is 0 Å². The van der Waals surface area contributed by atoms with Crippen molar-refractivity contribution >= 4 is 0 Å².